The molecule has 0 bridgehead atoms. The Kier molecular flexibility index (Phi) is 7.63. The molecule has 1 N–H and O–H groups in total. The van der Waals surface area contributed by atoms with Crippen LogP contribution in [0.2, 0.25) is 5.15 Å². The highest BCUT2D eigenvalue weighted by Gasteiger charge is 2.19. The van der Waals surface area contributed by atoms with Crippen LogP contribution in [0.25, 0.3) is 11.3 Å². The third kappa shape index (κ3) is 5.48. The summed E-state index contributed by atoms with van der Waals surface area (Å²) in [5, 5.41) is 3.17. The molecule has 0 aliphatic rings. The molecule has 0 spiro atoms. The molecular formula is C23H24ClN3O3. The van der Waals surface area contributed by atoms with Crippen molar-refractivity contribution in [2.75, 3.05) is 11.9 Å². The number of hydrogen-bond acceptors (Lipinski definition) is 5. The van der Waals surface area contributed by atoms with Gasteiger partial charge in [0.25, 0.3) is 5.56 Å². The highest BCUT2D eigenvalue weighted by Crippen LogP contribution is 2.26. The van der Waals surface area contributed by atoms with Crippen molar-refractivity contribution in [3.05, 3.63) is 81.7 Å². The molecule has 30 heavy (non-hydrogen) atoms. The normalized spacial score (nSPS) is 10.6. The van der Waals surface area contributed by atoms with Gasteiger partial charge in [-0.05, 0) is 12.0 Å². The molecule has 0 saturated carbocycles. The highest BCUT2D eigenvalue weighted by atomic mass is 35.5. The summed E-state index contributed by atoms with van der Waals surface area (Å²) < 4.78 is 6.70. The van der Waals surface area contributed by atoms with E-state index in [2.05, 4.69) is 17.2 Å². The number of nitrogens with zero attached hydrogens (tertiary/aromatic N) is 2. The number of hydrogen-bond donors (Lipinski definition) is 1. The molecule has 0 fully saturated rings. The van der Waals surface area contributed by atoms with Crippen molar-refractivity contribution in [2.24, 2.45) is 0 Å². The third-order valence-corrected chi connectivity index (χ3v) is 4.79. The lowest BCUT2D eigenvalue weighted by molar-refractivity contribution is -0.145. The summed E-state index contributed by atoms with van der Waals surface area (Å²) in [6, 6.07) is 18.5. The van der Waals surface area contributed by atoms with Crippen molar-refractivity contribution >= 4 is 23.4 Å². The van der Waals surface area contributed by atoms with Crippen molar-refractivity contribution in [2.45, 2.75) is 32.9 Å². The average Bonchev–Trinajstić information content (AvgIpc) is 2.77. The largest absolute Gasteiger partial charge is 0.459 e. The second-order valence-electron chi connectivity index (χ2n) is 6.78. The Balaban J connectivity index is 1.90. The Bertz CT molecular complexity index is 1040. The molecule has 6 nitrogen and oxygen atoms in total. The number of esters is 1. The van der Waals surface area contributed by atoms with Gasteiger partial charge in [0.2, 0.25) is 0 Å². The zero-order valence-electron chi connectivity index (χ0n) is 16.8. The van der Waals surface area contributed by atoms with E-state index in [4.69, 9.17) is 16.3 Å². The van der Waals surface area contributed by atoms with E-state index in [0.717, 1.165) is 18.4 Å². The summed E-state index contributed by atoms with van der Waals surface area (Å²) in [6.07, 6.45) is 1.86. The summed E-state index contributed by atoms with van der Waals surface area (Å²) in [6.45, 7) is 2.52. The third-order valence-electron chi connectivity index (χ3n) is 4.52. The Morgan fingerprint density at radius 3 is 2.43 bits per heavy atom. The van der Waals surface area contributed by atoms with E-state index in [1.165, 1.54) is 4.57 Å². The summed E-state index contributed by atoms with van der Waals surface area (Å²) >= 11 is 6.45. The van der Waals surface area contributed by atoms with Gasteiger partial charge >= 0.3 is 5.97 Å². The van der Waals surface area contributed by atoms with E-state index >= 15 is 0 Å². The summed E-state index contributed by atoms with van der Waals surface area (Å²) in [5.41, 5.74) is 1.55. The Morgan fingerprint density at radius 2 is 1.77 bits per heavy atom. The molecule has 0 aliphatic carbocycles. The first-order chi connectivity index (χ1) is 14.6. The number of rotatable bonds is 9. The van der Waals surface area contributed by atoms with Crippen LogP contribution in [0.4, 0.5) is 5.82 Å². The maximum absolute atomic E-state index is 13.1. The van der Waals surface area contributed by atoms with Crippen molar-refractivity contribution in [1.29, 1.82) is 0 Å². The number of anilines is 1. The SMILES string of the molecule is CCCCNc1nc(Cl)c(-c2ccccc2)n(CC(=O)OCc2ccccc2)c1=O. The molecule has 1 aromatic heterocycles. The van der Waals surface area contributed by atoms with E-state index in [1.807, 2.05) is 60.7 Å². The van der Waals surface area contributed by atoms with Gasteiger partial charge in [0.05, 0.1) is 5.69 Å². The van der Waals surface area contributed by atoms with Crippen LogP contribution < -0.4 is 10.9 Å². The predicted molar refractivity (Wildman–Crippen MR) is 119 cm³/mol. The standard InChI is InChI=1S/C23H24ClN3O3/c1-2-3-14-25-22-23(29)27(15-19(28)30-16-17-10-6-4-7-11-17)20(21(24)26-22)18-12-8-5-9-13-18/h4-13H,2-3,14-16H2,1H3,(H,25,26). The van der Waals surface area contributed by atoms with Crippen LogP contribution in [0.5, 0.6) is 0 Å². The molecular weight excluding hydrogens is 402 g/mol. The van der Waals surface area contributed by atoms with Gasteiger partial charge in [0.1, 0.15) is 13.2 Å². The fraction of sp³-hybridized carbons (Fsp3) is 0.261. The van der Waals surface area contributed by atoms with Crippen LogP contribution in [0.3, 0.4) is 0 Å². The van der Waals surface area contributed by atoms with Gasteiger partial charge in [-0.2, -0.15) is 0 Å². The molecule has 0 unspecified atom stereocenters. The van der Waals surface area contributed by atoms with E-state index < -0.39 is 11.5 Å². The monoisotopic (exact) mass is 425 g/mol. The molecule has 2 aromatic carbocycles. The lowest BCUT2D eigenvalue weighted by atomic mass is 10.1. The first-order valence-corrected chi connectivity index (χ1v) is 10.3. The fourth-order valence-electron chi connectivity index (χ4n) is 2.97. The molecule has 1 heterocycles. The zero-order chi connectivity index (χ0) is 21.3. The summed E-state index contributed by atoms with van der Waals surface area (Å²) in [4.78, 5) is 29.9. The van der Waals surface area contributed by atoms with Crippen LogP contribution in [0.15, 0.2) is 65.5 Å². The molecule has 3 rings (SSSR count). The second-order valence-corrected chi connectivity index (χ2v) is 7.14. The second kappa shape index (κ2) is 10.6. The summed E-state index contributed by atoms with van der Waals surface area (Å²) in [5.74, 6) is -0.399. The highest BCUT2D eigenvalue weighted by molar-refractivity contribution is 6.32. The first-order valence-electron chi connectivity index (χ1n) is 9.89. The first kappa shape index (κ1) is 21.6. The number of aromatic nitrogens is 2. The number of carbonyl (C=O) groups is 1. The summed E-state index contributed by atoms with van der Waals surface area (Å²) in [7, 11) is 0. The molecule has 3 aromatic rings. The van der Waals surface area contributed by atoms with Gasteiger partial charge in [-0.1, -0.05) is 85.6 Å². The van der Waals surface area contributed by atoms with Crippen LogP contribution in [0, 0.1) is 0 Å². The van der Waals surface area contributed by atoms with Crippen molar-refractivity contribution < 1.29 is 9.53 Å². The van der Waals surface area contributed by atoms with Crippen molar-refractivity contribution in [1.82, 2.24) is 9.55 Å². The van der Waals surface area contributed by atoms with Gasteiger partial charge in [-0.3, -0.25) is 14.2 Å². The lowest BCUT2D eigenvalue weighted by Crippen LogP contribution is -2.30. The Morgan fingerprint density at radius 1 is 1.10 bits per heavy atom. The zero-order valence-corrected chi connectivity index (χ0v) is 17.6. The van der Waals surface area contributed by atoms with E-state index in [-0.39, 0.29) is 24.1 Å². The number of benzene rings is 2. The van der Waals surface area contributed by atoms with Crippen molar-refractivity contribution in [3.8, 4) is 11.3 Å². The van der Waals surface area contributed by atoms with E-state index in [0.29, 0.717) is 17.8 Å². The van der Waals surface area contributed by atoms with E-state index in [9.17, 15) is 9.59 Å². The number of unbranched alkanes of at least 4 members (excludes halogenated alkanes) is 1. The number of halogens is 1. The van der Waals surface area contributed by atoms with Crippen LogP contribution in [-0.4, -0.2) is 22.1 Å². The molecule has 0 aliphatic heterocycles. The van der Waals surface area contributed by atoms with Gasteiger partial charge in [-0.25, -0.2) is 4.98 Å². The molecule has 7 heteroatoms. The molecule has 156 valence electrons. The molecule has 0 amide bonds. The number of carbonyl (C=O) groups excluding carboxylic acids is 1. The van der Waals surface area contributed by atoms with Crippen LogP contribution in [-0.2, 0) is 22.7 Å². The lowest BCUT2D eigenvalue weighted by Gasteiger charge is -2.16. The number of ether oxygens (including phenoxy) is 1. The minimum atomic E-state index is -0.528. The fourth-order valence-corrected chi connectivity index (χ4v) is 3.27. The Labute approximate surface area is 180 Å². The molecule has 0 atom stereocenters. The van der Waals surface area contributed by atoms with Gasteiger partial charge in [0.15, 0.2) is 11.0 Å². The maximum Gasteiger partial charge on any atom is 0.326 e. The van der Waals surface area contributed by atoms with Gasteiger partial charge < -0.3 is 10.1 Å². The van der Waals surface area contributed by atoms with E-state index in [1.54, 1.807) is 0 Å². The van der Waals surface area contributed by atoms with Gasteiger partial charge in [0, 0.05) is 12.1 Å². The smallest absolute Gasteiger partial charge is 0.326 e. The minimum absolute atomic E-state index is 0.129. The maximum atomic E-state index is 13.1. The van der Waals surface area contributed by atoms with Crippen molar-refractivity contribution in [3.63, 3.8) is 0 Å². The average molecular weight is 426 g/mol. The topological polar surface area (TPSA) is 73.2 Å². The minimum Gasteiger partial charge on any atom is -0.459 e. The molecule has 0 radical (unpaired) electrons. The van der Waals surface area contributed by atoms with Crippen LogP contribution in [0.1, 0.15) is 25.3 Å². The van der Waals surface area contributed by atoms with Crippen LogP contribution >= 0.6 is 11.6 Å². The quantitative estimate of drug-likeness (QED) is 0.403. The number of nitrogens with one attached hydrogen (secondary N) is 1. The van der Waals surface area contributed by atoms with Gasteiger partial charge in [-0.15, -0.1) is 0 Å². The molecule has 0 saturated heterocycles. The Hall–Kier alpha value is -3.12. The predicted octanol–water partition coefficient (Wildman–Crippen LogP) is 4.52.